The maximum atomic E-state index is 5.11. The average Bonchev–Trinajstić information content (AvgIpc) is 3.16. The minimum Gasteiger partial charge on any atom is -0.383 e. The van der Waals surface area contributed by atoms with Gasteiger partial charge in [0.25, 0.3) is 0 Å². The molecule has 1 saturated heterocycles. The van der Waals surface area contributed by atoms with Crippen LogP contribution >= 0.6 is 0 Å². The van der Waals surface area contributed by atoms with Gasteiger partial charge in [-0.2, -0.15) is 10.1 Å². The van der Waals surface area contributed by atoms with Crippen molar-refractivity contribution in [1.82, 2.24) is 29.7 Å². The first-order chi connectivity index (χ1) is 12.6. The lowest BCUT2D eigenvalue weighted by Gasteiger charge is -2.26. The van der Waals surface area contributed by atoms with Gasteiger partial charge >= 0.3 is 0 Å². The number of hydrogen-bond donors (Lipinski definition) is 0. The number of rotatable bonds is 8. The molecule has 0 amide bonds. The van der Waals surface area contributed by atoms with Crippen LogP contribution in [0.15, 0.2) is 16.9 Å². The number of aromatic nitrogens is 4. The predicted octanol–water partition coefficient (Wildman–Crippen LogP) is 1.71. The Morgan fingerprint density at radius 2 is 2.23 bits per heavy atom. The van der Waals surface area contributed by atoms with Gasteiger partial charge in [-0.1, -0.05) is 5.16 Å². The molecule has 8 heteroatoms. The van der Waals surface area contributed by atoms with E-state index in [9.17, 15) is 0 Å². The van der Waals surface area contributed by atoms with Crippen molar-refractivity contribution in [3.05, 3.63) is 29.7 Å². The molecule has 0 radical (unpaired) electrons. The second-order valence-corrected chi connectivity index (χ2v) is 7.11. The van der Waals surface area contributed by atoms with Gasteiger partial charge in [0.1, 0.15) is 0 Å². The van der Waals surface area contributed by atoms with Crippen LogP contribution in [0.3, 0.4) is 0 Å². The van der Waals surface area contributed by atoms with Gasteiger partial charge in [-0.05, 0) is 39.4 Å². The Morgan fingerprint density at radius 3 is 3.00 bits per heavy atom. The molecule has 1 atom stereocenters. The van der Waals surface area contributed by atoms with Crippen molar-refractivity contribution in [2.75, 3.05) is 33.9 Å². The Morgan fingerprint density at radius 1 is 1.35 bits per heavy atom. The van der Waals surface area contributed by atoms with Crippen LogP contribution in [-0.4, -0.2) is 69.6 Å². The van der Waals surface area contributed by atoms with Crippen LogP contribution < -0.4 is 0 Å². The summed E-state index contributed by atoms with van der Waals surface area (Å²) in [4.78, 5) is 9.20. The van der Waals surface area contributed by atoms with E-state index in [1.807, 2.05) is 17.8 Å². The minimum absolute atomic E-state index is 0.559. The lowest BCUT2D eigenvalue weighted by Crippen LogP contribution is -2.33. The molecule has 0 aromatic carbocycles. The molecule has 144 valence electrons. The summed E-state index contributed by atoms with van der Waals surface area (Å²) in [5, 5.41) is 8.43. The first-order valence-corrected chi connectivity index (χ1v) is 9.36. The second-order valence-electron chi connectivity index (χ2n) is 7.11. The Labute approximate surface area is 155 Å². The van der Waals surface area contributed by atoms with Crippen LogP contribution in [-0.2, 0) is 24.4 Å². The van der Waals surface area contributed by atoms with Crippen molar-refractivity contribution in [2.45, 2.75) is 51.9 Å². The molecule has 0 N–H and O–H groups in total. The van der Waals surface area contributed by atoms with Gasteiger partial charge in [0.15, 0.2) is 5.82 Å². The van der Waals surface area contributed by atoms with E-state index in [4.69, 9.17) is 9.26 Å². The molecule has 8 nitrogen and oxygen atoms in total. The molecule has 1 aliphatic rings. The van der Waals surface area contributed by atoms with Gasteiger partial charge in [0.05, 0.1) is 25.9 Å². The molecular formula is C18H30N6O2. The Kier molecular flexibility index (Phi) is 6.76. The van der Waals surface area contributed by atoms with Gasteiger partial charge in [-0.25, -0.2) is 0 Å². The van der Waals surface area contributed by atoms with Crippen LogP contribution in [0.5, 0.6) is 0 Å². The van der Waals surface area contributed by atoms with Gasteiger partial charge in [-0.15, -0.1) is 0 Å². The lowest BCUT2D eigenvalue weighted by molar-refractivity contribution is 0.183. The van der Waals surface area contributed by atoms with Gasteiger partial charge in [0.2, 0.25) is 5.89 Å². The number of methoxy groups -OCH3 is 1. The highest BCUT2D eigenvalue weighted by Crippen LogP contribution is 2.18. The molecule has 3 heterocycles. The van der Waals surface area contributed by atoms with E-state index in [1.54, 1.807) is 7.11 Å². The zero-order chi connectivity index (χ0) is 18.4. The molecule has 0 bridgehead atoms. The summed E-state index contributed by atoms with van der Waals surface area (Å²) in [6.07, 6.45) is 7.68. The Hall–Kier alpha value is -1.77. The molecular weight excluding hydrogens is 332 g/mol. The fraction of sp³-hybridized carbons (Fsp3) is 0.722. The standard InChI is InChI=1S/C18H30N6O2/c1-15-20-18(21-26-15)14-22(2)17-5-4-7-23(8-6-17)12-16-11-19-24(13-16)9-10-25-3/h11,13,17H,4-10,12,14H2,1-3H3/t17-/m1/s1. The molecule has 0 saturated carbocycles. The summed E-state index contributed by atoms with van der Waals surface area (Å²) < 4.78 is 12.1. The average molecular weight is 362 g/mol. The van der Waals surface area contributed by atoms with Crippen molar-refractivity contribution >= 4 is 0 Å². The first-order valence-electron chi connectivity index (χ1n) is 9.36. The van der Waals surface area contributed by atoms with Crippen LogP contribution in [0.2, 0.25) is 0 Å². The number of likely N-dealkylation sites (tertiary alicyclic amines) is 1. The Bertz CT molecular complexity index is 670. The summed E-state index contributed by atoms with van der Waals surface area (Å²) in [6, 6.07) is 0.559. The third-order valence-electron chi connectivity index (χ3n) is 4.99. The fourth-order valence-electron chi connectivity index (χ4n) is 3.55. The number of nitrogens with zero attached hydrogens (tertiary/aromatic N) is 6. The van der Waals surface area contributed by atoms with E-state index in [2.05, 4.69) is 38.3 Å². The normalized spacial score (nSPS) is 19.2. The third kappa shape index (κ3) is 5.36. The van der Waals surface area contributed by atoms with E-state index >= 15 is 0 Å². The predicted molar refractivity (Wildman–Crippen MR) is 97.5 cm³/mol. The zero-order valence-corrected chi connectivity index (χ0v) is 16.1. The molecule has 2 aromatic heterocycles. The number of aryl methyl sites for hydroxylation is 1. The second kappa shape index (κ2) is 9.25. The van der Waals surface area contributed by atoms with E-state index in [0.29, 0.717) is 18.5 Å². The number of ether oxygens (including phenoxy) is 1. The van der Waals surface area contributed by atoms with Crippen LogP contribution in [0.4, 0.5) is 0 Å². The molecule has 0 spiro atoms. The molecule has 26 heavy (non-hydrogen) atoms. The monoisotopic (exact) mass is 362 g/mol. The summed E-state index contributed by atoms with van der Waals surface area (Å²) in [6.45, 7) is 7.27. The van der Waals surface area contributed by atoms with Crippen molar-refractivity contribution in [2.24, 2.45) is 0 Å². The van der Waals surface area contributed by atoms with E-state index in [-0.39, 0.29) is 0 Å². The van der Waals surface area contributed by atoms with Crippen LogP contribution in [0.25, 0.3) is 0 Å². The van der Waals surface area contributed by atoms with Gasteiger partial charge < -0.3 is 9.26 Å². The fourth-order valence-corrected chi connectivity index (χ4v) is 3.55. The quantitative estimate of drug-likeness (QED) is 0.708. The molecule has 2 aromatic rings. The maximum Gasteiger partial charge on any atom is 0.223 e. The molecule has 0 unspecified atom stereocenters. The van der Waals surface area contributed by atoms with Crippen molar-refractivity contribution in [1.29, 1.82) is 0 Å². The summed E-state index contributed by atoms with van der Waals surface area (Å²) >= 11 is 0. The molecule has 1 aliphatic heterocycles. The molecule has 3 rings (SSSR count). The van der Waals surface area contributed by atoms with Crippen LogP contribution in [0.1, 0.15) is 36.5 Å². The number of hydrogen-bond acceptors (Lipinski definition) is 7. The highest BCUT2D eigenvalue weighted by Gasteiger charge is 2.22. The van der Waals surface area contributed by atoms with E-state index < -0.39 is 0 Å². The molecule has 1 fully saturated rings. The van der Waals surface area contributed by atoms with E-state index in [1.165, 1.54) is 18.4 Å². The largest absolute Gasteiger partial charge is 0.383 e. The third-order valence-corrected chi connectivity index (χ3v) is 4.99. The lowest BCUT2D eigenvalue weighted by atomic mass is 10.1. The maximum absolute atomic E-state index is 5.11. The van der Waals surface area contributed by atoms with Crippen molar-refractivity contribution in [3.8, 4) is 0 Å². The van der Waals surface area contributed by atoms with Crippen molar-refractivity contribution < 1.29 is 9.26 Å². The smallest absolute Gasteiger partial charge is 0.223 e. The summed E-state index contributed by atoms with van der Waals surface area (Å²) in [5.41, 5.74) is 1.27. The highest BCUT2D eigenvalue weighted by atomic mass is 16.5. The first kappa shape index (κ1) is 19.0. The van der Waals surface area contributed by atoms with Crippen molar-refractivity contribution in [3.63, 3.8) is 0 Å². The van der Waals surface area contributed by atoms with Gasteiger partial charge in [0, 0.05) is 38.4 Å². The molecule has 0 aliphatic carbocycles. The summed E-state index contributed by atoms with van der Waals surface area (Å²) in [7, 11) is 3.88. The minimum atomic E-state index is 0.559. The highest BCUT2D eigenvalue weighted by molar-refractivity contribution is 5.04. The Balaban J connectivity index is 1.47. The van der Waals surface area contributed by atoms with Gasteiger partial charge in [-0.3, -0.25) is 14.5 Å². The zero-order valence-electron chi connectivity index (χ0n) is 16.1. The van der Waals surface area contributed by atoms with E-state index in [0.717, 1.165) is 45.0 Å². The van der Waals surface area contributed by atoms with Crippen LogP contribution in [0, 0.1) is 6.92 Å². The topological polar surface area (TPSA) is 72.5 Å². The summed E-state index contributed by atoms with van der Waals surface area (Å²) in [5.74, 6) is 1.40. The SMILES string of the molecule is COCCn1cc(CN2CCC[C@@H](N(C)Cc3noc(C)n3)CC2)cn1.